The second-order valence-corrected chi connectivity index (χ2v) is 16.1. The van der Waals surface area contributed by atoms with Crippen LogP contribution in [-0.2, 0) is 0 Å². The molecule has 296 valence electrons. The van der Waals surface area contributed by atoms with Crippen LogP contribution in [0.25, 0.3) is 93.9 Å². The van der Waals surface area contributed by atoms with Crippen LogP contribution in [0.3, 0.4) is 0 Å². The number of para-hydroxylation sites is 4. The van der Waals surface area contributed by atoms with Crippen LogP contribution in [0.1, 0.15) is 0 Å². The van der Waals surface area contributed by atoms with Crippen LogP contribution < -0.4 is 4.90 Å². The molecule has 2 heterocycles. The van der Waals surface area contributed by atoms with E-state index in [4.69, 9.17) is 4.42 Å². The Balaban J connectivity index is 1.00. The van der Waals surface area contributed by atoms with E-state index in [0.29, 0.717) is 0 Å². The van der Waals surface area contributed by atoms with Gasteiger partial charge in [0.25, 0.3) is 0 Å². The molecule has 0 bridgehead atoms. The van der Waals surface area contributed by atoms with E-state index in [9.17, 15) is 0 Å². The number of hydrogen-bond donors (Lipinski definition) is 0. The molecule has 12 rings (SSSR count). The lowest BCUT2D eigenvalue weighted by Gasteiger charge is -2.28. The fraction of sp³-hybridized carbons (Fsp3) is 0. The number of furan rings is 1. The SMILES string of the molecule is c1ccc(-c2cc(-c3ccc(N(c4cccc(-c5ccc6c(c5)oc5ccccc56)c4)c4ccccc4-c4ccccc4)cc3)cc(-n3c4ccccc4c4ccccc43)c2)cc1. The highest BCUT2D eigenvalue weighted by Gasteiger charge is 2.19. The summed E-state index contributed by atoms with van der Waals surface area (Å²) in [4.78, 5) is 2.39. The molecule has 3 nitrogen and oxygen atoms in total. The molecule has 3 heteroatoms. The van der Waals surface area contributed by atoms with Crippen LogP contribution >= 0.6 is 0 Å². The Bertz CT molecular complexity index is 3570. The minimum Gasteiger partial charge on any atom is -0.456 e. The third kappa shape index (κ3) is 6.46. The maximum Gasteiger partial charge on any atom is 0.136 e. The number of aromatic nitrogens is 1. The zero-order valence-corrected chi connectivity index (χ0v) is 34.4. The van der Waals surface area contributed by atoms with E-state index in [-0.39, 0.29) is 0 Å². The van der Waals surface area contributed by atoms with E-state index in [2.05, 4.69) is 240 Å². The van der Waals surface area contributed by atoms with Crippen LogP contribution in [0.2, 0.25) is 0 Å². The Kier molecular flexibility index (Phi) is 8.83. The van der Waals surface area contributed by atoms with Gasteiger partial charge in [0, 0.05) is 44.2 Å². The van der Waals surface area contributed by atoms with Gasteiger partial charge in [-0.2, -0.15) is 0 Å². The number of hydrogen-bond acceptors (Lipinski definition) is 2. The summed E-state index contributed by atoms with van der Waals surface area (Å²) in [6.45, 7) is 0. The number of anilines is 3. The van der Waals surface area contributed by atoms with Crippen molar-refractivity contribution in [3.05, 3.63) is 243 Å². The summed E-state index contributed by atoms with van der Waals surface area (Å²) in [5, 5.41) is 4.76. The van der Waals surface area contributed by atoms with E-state index in [1.807, 2.05) is 12.1 Å². The second-order valence-electron chi connectivity index (χ2n) is 16.1. The molecule has 10 aromatic carbocycles. The molecular weight excluding hydrogens is 765 g/mol. The van der Waals surface area contributed by atoms with Crippen LogP contribution in [0.5, 0.6) is 0 Å². The first kappa shape index (κ1) is 36.5. The Morgan fingerprint density at radius 3 is 1.57 bits per heavy atom. The van der Waals surface area contributed by atoms with Gasteiger partial charge < -0.3 is 13.9 Å². The summed E-state index contributed by atoms with van der Waals surface area (Å²) in [5.41, 5.74) is 17.7. The van der Waals surface area contributed by atoms with Crippen molar-refractivity contribution in [1.82, 2.24) is 4.57 Å². The van der Waals surface area contributed by atoms with Gasteiger partial charge in [-0.3, -0.25) is 0 Å². The monoisotopic (exact) mass is 804 g/mol. The second kappa shape index (κ2) is 15.3. The molecule has 0 amide bonds. The largest absolute Gasteiger partial charge is 0.456 e. The van der Waals surface area contributed by atoms with Gasteiger partial charge in [0.05, 0.1) is 16.7 Å². The average Bonchev–Trinajstić information content (AvgIpc) is 3.90. The first-order valence-corrected chi connectivity index (χ1v) is 21.5. The molecular formula is C60H40N2O. The van der Waals surface area contributed by atoms with Gasteiger partial charge in [0.1, 0.15) is 11.2 Å². The lowest BCUT2D eigenvalue weighted by molar-refractivity contribution is 0.669. The molecule has 0 saturated carbocycles. The molecule has 63 heavy (non-hydrogen) atoms. The first-order chi connectivity index (χ1) is 31.2. The molecule has 0 radical (unpaired) electrons. The lowest BCUT2D eigenvalue weighted by Crippen LogP contribution is -2.11. The van der Waals surface area contributed by atoms with Gasteiger partial charge in [-0.05, 0) is 118 Å². The summed E-state index contributed by atoms with van der Waals surface area (Å²) >= 11 is 0. The highest BCUT2D eigenvalue weighted by atomic mass is 16.3. The van der Waals surface area contributed by atoms with Crippen molar-refractivity contribution < 1.29 is 4.42 Å². The molecule has 2 aromatic heterocycles. The number of nitrogens with zero attached hydrogens (tertiary/aromatic N) is 2. The van der Waals surface area contributed by atoms with Gasteiger partial charge in [0.2, 0.25) is 0 Å². The Morgan fingerprint density at radius 1 is 0.302 bits per heavy atom. The fourth-order valence-corrected chi connectivity index (χ4v) is 9.40. The topological polar surface area (TPSA) is 21.3 Å². The Hall–Kier alpha value is -8.40. The van der Waals surface area contributed by atoms with Crippen LogP contribution in [0.4, 0.5) is 17.1 Å². The average molecular weight is 805 g/mol. The Morgan fingerprint density at radius 2 is 0.841 bits per heavy atom. The normalized spacial score (nSPS) is 11.5. The predicted octanol–water partition coefficient (Wildman–Crippen LogP) is 16.8. The number of fused-ring (bicyclic) bond motifs is 6. The van der Waals surface area contributed by atoms with Crippen molar-refractivity contribution in [2.24, 2.45) is 0 Å². The van der Waals surface area contributed by atoms with Gasteiger partial charge in [0.15, 0.2) is 0 Å². The molecule has 0 unspecified atom stereocenters. The van der Waals surface area contributed by atoms with E-state index in [0.717, 1.165) is 78.1 Å². The molecule has 12 aromatic rings. The summed E-state index contributed by atoms with van der Waals surface area (Å²) < 4.78 is 8.74. The maximum atomic E-state index is 6.33. The molecule has 0 atom stereocenters. The molecule has 0 spiro atoms. The summed E-state index contributed by atoms with van der Waals surface area (Å²) in [5.74, 6) is 0. The van der Waals surface area contributed by atoms with Gasteiger partial charge in [-0.15, -0.1) is 0 Å². The molecule has 0 N–H and O–H groups in total. The van der Waals surface area contributed by atoms with Crippen molar-refractivity contribution in [1.29, 1.82) is 0 Å². The van der Waals surface area contributed by atoms with Gasteiger partial charge in [-0.1, -0.05) is 164 Å². The van der Waals surface area contributed by atoms with E-state index < -0.39 is 0 Å². The van der Waals surface area contributed by atoms with E-state index in [1.54, 1.807) is 0 Å². The van der Waals surface area contributed by atoms with Crippen molar-refractivity contribution >= 4 is 60.8 Å². The summed E-state index contributed by atoms with van der Waals surface area (Å²) in [7, 11) is 0. The molecule has 0 aliphatic rings. The molecule has 0 fully saturated rings. The zero-order valence-electron chi connectivity index (χ0n) is 34.4. The van der Waals surface area contributed by atoms with Crippen LogP contribution in [0, 0.1) is 0 Å². The predicted molar refractivity (Wildman–Crippen MR) is 264 cm³/mol. The van der Waals surface area contributed by atoms with Crippen molar-refractivity contribution in [3.8, 4) is 50.2 Å². The minimum atomic E-state index is 0.888. The van der Waals surface area contributed by atoms with E-state index >= 15 is 0 Å². The van der Waals surface area contributed by atoms with Crippen molar-refractivity contribution in [2.75, 3.05) is 4.90 Å². The molecule has 0 saturated heterocycles. The van der Waals surface area contributed by atoms with Crippen molar-refractivity contribution in [2.45, 2.75) is 0 Å². The smallest absolute Gasteiger partial charge is 0.136 e. The quantitative estimate of drug-likeness (QED) is 0.153. The number of benzene rings is 10. The molecule has 0 aliphatic carbocycles. The highest BCUT2D eigenvalue weighted by Crippen LogP contribution is 2.43. The van der Waals surface area contributed by atoms with Gasteiger partial charge >= 0.3 is 0 Å². The highest BCUT2D eigenvalue weighted by molar-refractivity contribution is 6.09. The number of rotatable bonds is 8. The zero-order chi connectivity index (χ0) is 41.7. The van der Waals surface area contributed by atoms with E-state index in [1.165, 1.54) is 32.9 Å². The standard InChI is InChI=1S/C60H40N2O/c1-3-16-41(17-4-1)46-36-47(39-50(38-46)62-57-27-12-8-23-52(57)53-24-9-13-28-58(53)62)42-30-33-48(34-31-42)61(56-26-11-7-22-51(56)43-18-5-2-6-19-43)49-21-15-20-44(37-49)45-32-35-55-54-25-10-14-29-59(54)63-60(55)40-45/h1-40H. The summed E-state index contributed by atoms with van der Waals surface area (Å²) in [6, 6.07) is 87.2. The first-order valence-electron chi connectivity index (χ1n) is 21.5. The molecule has 0 aliphatic heterocycles. The third-order valence-corrected chi connectivity index (χ3v) is 12.4. The maximum absolute atomic E-state index is 6.33. The van der Waals surface area contributed by atoms with Crippen LogP contribution in [-0.4, -0.2) is 4.57 Å². The van der Waals surface area contributed by atoms with Crippen LogP contribution in [0.15, 0.2) is 247 Å². The fourth-order valence-electron chi connectivity index (χ4n) is 9.40. The lowest BCUT2D eigenvalue weighted by atomic mass is 9.97. The van der Waals surface area contributed by atoms with Crippen molar-refractivity contribution in [3.63, 3.8) is 0 Å². The minimum absolute atomic E-state index is 0.888. The van der Waals surface area contributed by atoms with Gasteiger partial charge in [-0.25, -0.2) is 0 Å². The summed E-state index contributed by atoms with van der Waals surface area (Å²) in [6.07, 6.45) is 0. The Labute approximate surface area is 366 Å². The third-order valence-electron chi connectivity index (χ3n) is 12.4.